The van der Waals surface area contributed by atoms with E-state index >= 15 is 0 Å². The molecule has 0 fully saturated rings. The van der Waals surface area contributed by atoms with Gasteiger partial charge in [0.05, 0.1) is 11.7 Å². The summed E-state index contributed by atoms with van der Waals surface area (Å²) >= 11 is 0. The van der Waals surface area contributed by atoms with Crippen LogP contribution in [0, 0.1) is 5.92 Å². The van der Waals surface area contributed by atoms with Crippen LogP contribution in [0.4, 0.5) is 0 Å². The Hall–Kier alpha value is -1.13. The number of methoxy groups -OCH3 is 1. The number of aliphatic hydroxyl groups is 1. The molecule has 0 aliphatic carbocycles. The fourth-order valence-electron chi connectivity index (χ4n) is 2.46. The van der Waals surface area contributed by atoms with E-state index < -0.39 is 5.60 Å². The van der Waals surface area contributed by atoms with E-state index in [0.29, 0.717) is 12.3 Å². The number of carbonyl (C=O) groups excluding carboxylic acids is 1. The van der Waals surface area contributed by atoms with Crippen molar-refractivity contribution in [2.45, 2.75) is 71.2 Å². The van der Waals surface area contributed by atoms with Gasteiger partial charge in [-0.05, 0) is 51.5 Å². The van der Waals surface area contributed by atoms with Crippen molar-refractivity contribution < 1.29 is 19.4 Å². The second-order valence-corrected chi connectivity index (χ2v) is 6.57. The first-order chi connectivity index (χ1) is 10.2. The van der Waals surface area contributed by atoms with E-state index in [1.54, 1.807) is 20.1 Å². The molecule has 0 unspecified atom stereocenters. The lowest BCUT2D eigenvalue weighted by Gasteiger charge is -2.23. The maximum absolute atomic E-state index is 11.9. The molecule has 126 valence electrons. The third-order valence-electron chi connectivity index (χ3n) is 4.38. The minimum atomic E-state index is -1.05. The number of ether oxygens (including phenoxy) is 2. The number of carbonyl (C=O) groups is 1. The summed E-state index contributed by atoms with van der Waals surface area (Å²) in [6.07, 6.45) is 7.89. The number of cyclic esters (lactones) is 1. The van der Waals surface area contributed by atoms with Crippen molar-refractivity contribution in [3.8, 4) is 0 Å². The lowest BCUT2D eigenvalue weighted by molar-refractivity contribution is -0.151. The molecule has 1 rings (SSSR count). The Morgan fingerprint density at radius 1 is 1.41 bits per heavy atom. The highest BCUT2D eigenvalue weighted by molar-refractivity contribution is 5.69. The van der Waals surface area contributed by atoms with Crippen LogP contribution in [0.5, 0.6) is 0 Å². The third kappa shape index (κ3) is 6.32. The van der Waals surface area contributed by atoms with Crippen LogP contribution in [-0.4, -0.2) is 36.0 Å². The van der Waals surface area contributed by atoms with Gasteiger partial charge >= 0.3 is 5.97 Å². The van der Waals surface area contributed by atoms with Crippen molar-refractivity contribution in [2.24, 2.45) is 5.92 Å². The lowest BCUT2D eigenvalue weighted by Crippen LogP contribution is -2.27. The van der Waals surface area contributed by atoms with E-state index in [1.165, 1.54) is 0 Å². The fraction of sp³-hybridized carbons (Fsp3) is 0.722. The third-order valence-corrected chi connectivity index (χ3v) is 4.38. The van der Waals surface area contributed by atoms with Crippen LogP contribution in [-0.2, 0) is 14.3 Å². The first-order valence-electron chi connectivity index (χ1n) is 8.06. The number of esters is 1. The zero-order valence-electron chi connectivity index (χ0n) is 14.5. The van der Waals surface area contributed by atoms with Crippen molar-refractivity contribution in [2.75, 3.05) is 7.11 Å². The van der Waals surface area contributed by atoms with Gasteiger partial charge in [-0.15, -0.1) is 0 Å². The highest BCUT2D eigenvalue weighted by Crippen LogP contribution is 2.21. The topological polar surface area (TPSA) is 55.8 Å². The van der Waals surface area contributed by atoms with Gasteiger partial charge in [-0.25, -0.2) is 0 Å². The van der Waals surface area contributed by atoms with Crippen LogP contribution < -0.4 is 0 Å². The van der Waals surface area contributed by atoms with Gasteiger partial charge in [0.2, 0.25) is 0 Å². The molecule has 0 aromatic heterocycles. The minimum absolute atomic E-state index is 0.108. The fourth-order valence-corrected chi connectivity index (χ4v) is 2.46. The maximum atomic E-state index is 11.9. The number of hydrogen-bond donors (Lipinski definition) is 1. The van der Waals surface area contributed by atoms with E-state index in [2.05, 4.69) is 13.0 Å². The predicted molar refractivity (Wildman–Crippen MR) is 87.5 cm³/mol. The predicted octanol–water partition coefficient (Wildman–Crippen LogP) is 3.40. The van der Waals surface area contributed by atoms with Crippen LogP contribution in [0.1, 0.15) is 53.4 Å². The quantitative estimate of drug-likeness (QED) is 0.596. The van der Waals surface area contributed by atoms with Gasteiger partial charge in [0.15, 0.2) is 0 Å². The zero-order valence-corrected chi connectivity index (χ0v) is 14.5. The molecule has 1 heterocycles. The van der Waals surface area contributed by atoms with Gasteiger partial charge in [0.25, 0.3) is 0 Å². The Kier molecular flexibility index (Phi) is 7.30. The zero-order chi connectivity index (χ0) is 16.8. The Morgan fingerprint density at radius 3 is 2.73 bits per heavy atom. The Labute approximate surface area is 134 Å². The average Bonchev–Trinajstić information content (AvgIpc) is 2.44. The van der Waals surface area contributed by atoms with Gasteiger partial charge in [0.1, 0.15) is 6.10 Å². The normalized spacial score (nSPS) is 39.3. The molecule has 4 nitrogen and oxygen atoms in total. The summed E-state index contributed by atoms with van der Waals surface area (Å²) in [6.45, 7) is 7.76. The molecular weight excluding hydrogens is 280 g/mol. The van der Waals surface area contributed by atoms with Gasteiger partial charge in [-0.2, -0.15) is 0 Å². The Morgan fingerprint density at radius 2 is 2.09 bits per heavy atom. The minimum Gasteiger partial charge on any atom is -0.462 e. The van der Waals surface area contributed by atoms with Gasteiger partial charge < -0.3 is 14.6 Å². The largest absolute Gasteiger partial charge is 0.462 e. The number of allylic oxidation sites excluding steroid dienone is 1. The molecule has 22 heavy (non-hydrogen) atoms. The molecular formula is C18H30O4. The van der Waals surface area contributed by atoms with Crippen LogP contribution in [0.2, 0.25) is 0 Å². The molecule has 0 aromatic rings. The second kappa shape index (κ2) is 8.49. The smallest absolute Gasteiger partial charge is 0.306 e. The average molecular weight is 310 g/mol. The Balaban J connectivity index is 2.93. The van der Waals surface area contributed by atoms with Crippen LogP contribution >= 0.6 is 0 Å². The molecule has 4 atom stereocenters. The molecule has 0 radical (unpaired) electrons. The maximum Gasteiger partial charge on any atom is 0.306 e. The van der Waals surface area contributed by atoms with Gasteiger partial charge in [-0.1, -0.05) is 25.2 Å². The van der Waals surface area contributed by atoms with E-state index in [0.717, 1.165) is 18.4 Å². The van der Waals surface area contributed by atoms with Gasteiger partial charge in [0, 0.05) is 13.5 Å². The number of rotatable bonds is 1. The molecule has 0 spiro atoms. The van der Waals surface area contributed by atoms with Crippen LogP contribution in [0.3, 0.4) is 0 Å². The van der Waals surface area contributed by atoms with E-state index in [4.69, 9.17) is 9.47 Å². The summed E-state index contributed by atoms with van der Waals surface area (Å²) in [7, 11) is 1.66. The summed E-state index contributed by atoms with van der Waals surface area (Å²) in [5, 5.41) is 10.3. The molecule has 1 aliphatic heterocycles. The lowest BCUT2D eigenvalue weighted by atomic mass is 9.95. The number of hydrogen-bond acceptors (Lipinski definition) is 4. The standard InChI is InChI=1S/C18H30O4/c1-13-7-6-8-14(2)16(21-5)9-11-18(4,20)12-10-17(19)22-15(13)3/h8-9,11,13,15-16,20H,6-7,10,12H2,1-5H3/b11-9+,14-8-/t13-,15+,16-,18+/m0/s1. The summed E-state index contributed by atoms with van der Waals surface area (Å²) in [5.74, 6) is 0.0492. The van der Waals surface area contributed by atoms with E-state index in [-0.39, 0.29) is 24.6 Å². The van der Waals surface area contributed by atoms with Crippen LogP contribution in [0.25, 0.3) is 0 Å². The molecule has 1 aliphatic rings. The summed E-state index contributed by atoms with van der Waals surface area (Å²) in [4.78, 5) is 11.9. The van der Waals surface area contributed by atoms with Crippen LogP contribution in [0.15, 0.2) is 23.8 Å². The van der Waals surface area contributed by atoms with Crippen molar-refractivity contribution in [1.29, 1.82) is 0 Å². The first kappa shape index (κ1) is 18.9. The van der Waals surface area contributed by atoms with Gasteiger partial charge in [-0.3, -0.25) is 4.79 Å². The molecule has 0 saturated carbocycles. The summed E-state index contributed by atoms with van der Waals surface area (Å²) < 4.78 is 10.9. The monoisotopic (exact) mass is 310 g/mol. The van der Waals surface area contributed by atoms with Crippen molar-refractivity contribution in [3.05, 3.63) is 23.8 Å². The molecule has 1 N–H and O–H groups in total. The van der Waals surface area contributed by atoms with Crippen molar-refractivity contribution in [3.63, 3.8) is 0 Å². The molecule has 0 amide bonds. The molecule has 0 aromatic carbocycles. The molecule has 0 saturated heterocycles. The summed E-state index contributed by atoms with van der Waals surface area (Å²) in [6, 6.07) is 0. The second-order valence-electron chi connectivity index (χ2n) is 6.57. The summed E-state index contributed by atoms with van der Waals surface area (Å²) in [5.41, 5.74) is 0.0816. The molecule has 4 heteroatoms. The highest BCUT2D eigenvalue weighted by atomic mass is 16.5. The van der Waals surface area contributed by atoms with E-state index in [1.807, 2.05) is 19.9 Å². The SMILES string of the molecule is CO[C@H]1/C=C/[C@@](C)(O)CCC(=O)O[C@H](C)[C@@H](C)CC/C=C\1C. The first-order valence-corrected chi connectivity index (χ1v) is 8.06. The highest BCUT2D eigenvalue weighted by Gasteiger charge is 2.22. The van der Waals surface area contributed by atoms with E-state index in [9.17, 15) is 9.90 Å². The van der Waals surface area contributed by atoms with Crippen molar-refractivity contribution in [1.82, 2.24) is 0 Å². The Bertz CT molecular complexity index is 423. The van der Waals surface area contributed by atoms with Crippen molar-refractivity contribution >= 4 is 5.97 Å². The molecule has 0 bridgehead atoms.